The van der Waals surface area contributed by atoms with E-state index in [1.165, 1.54) is 25.9 Å². The van der Waals surface area contributed by atoms with Crippen LogP contribution in [0.15, 0.2) is 48.5 Å². The van der Waals surface area contributed by atoms with Crippen molar-refractivity contribution in [2.75, 3.05) is 14.1 Å². The van der Waals surface area contributed by atoms with E-state index in [4.69, 9.17) is 12.6 Å². The molecule has 6 atom stereocenters. The fourth-order valence-corrected chi connectivity index (χ4v) is 6.75. The Hall–Kier alpha value is -1.96. The minimum atomic E-state index is -2.25. The van der Waals surface area contributed by atoms with E-state index >= 15 is 0 Å². The summed E-state index contributed by atoms with van der Waals surface area (Å²) >= 11 is 17.6. The summed E-state index contributed by atoms with van der Waals surface area (Å²) in [6, 6.07) is 15.7. The van der Waals surface area contributed by atoms with Crippen molar-refractivity contribution in [1.29, 1.82) is 0 Å². The summed E-state index contributed by atoms with van der Waals surface area (Å²) in [5, 5.41) is 18.9. The summed E-state index contributed by atoms with van der Waals surface area (Å²) in [6.45, 7) is 14.1. The van der Waals surface area contributed by atoms with Crippen LogP contribution in [-0.4, -0.2) is 77.1 Å². The third-order valence-electron chi connectivity index (χ3n) is 9.80. The summed E-state index contributed by atoms with van der Waals surface area (Å²) in [5.41, 5.74) is 3.88. The number of hydrogen-bond donors (Lipinski definition) is 6. The molecule has 0 aromatic heterocycles. The second-order valence-electron chi connectivity index (χ2n) is 14.8. The van der Waals surface area contributed by atoms with Crippen LogP contribution in [0, 0.1) is 23.7 Å². The number of hydrogen-bond acceptors (Lipinski definition) is 10. The molecule has 12 heteroatoms. The van der Waals surface area contributed by atoms with Gasteiger partial charge in [-0.05, 0) is 67.2 Å². The van der Waals surface area contributed by atoms with Gasteiger partial charge in [-0.1, -0.05) is 90.1 Å². The van der Waals surface area contributed by atoms with Gasteiger partial charge in [0.1, 0.15) is 4.87 Å². The highest BCUT2D eigenvalue weighted by molar-refractivity contribution is 7.83. The maximum atomic E-state index is 13.7. The lowest BCUT2D eigenvalue weighted by molar-refractivity contribution is -0.158. The lowest BCUT2D eigenvalue weighted by atomic mass is 9.86. The van der Waals surface area contributed by atoms with Gasteiger partial charge >= 0.3 is 0 Å². The number of thiol groups is 4. The summed E-state index contributed by atoms with van der Waals surface area (Å²) in [5.74, 6) is -2.84. The number of Topliss-reactive ketones (excluding diaryl/α,β-unsaturated/α-hetero) is 2. The van der Waals surface area contributed by atoms with Crippen molar-refractivity contribution in [3.05, 3.63) is 70.8 Å². The monoisotopic (exact) mass is 764 g/mol. The van der Waals surface area contributed by atoms with Gasteiger partial charge in [0.05, 0.1) is 4.75 Å². The molecule has 0 saturated carbocycles. The van der Waals surface area contributed by atoms with Gasteiger partial charge in [0.25, 0.3) is 5.91 Å². The van der Waals surface area contributed by atoms with E-state index in [2.05, 4.69) is 37.9 Å². The number of aryl methyl sites for hydroxylation is 2. The van der Waals surface area contributed by atoms with Crippen molar-refractivity contribution in [3.63, 3.8) is 0 Å². The molecule has 0 aliphatic carbocycles. The molecular weight excluding hydrogens is 709 g/mol. The maximum Gasteiger partial charge on any atom is 0.265 e. The van der Waals surface area contributed by atoms with Gasteiger partial charge in [-0.15, -0.1) is 37.9 Å². The number of carbonyl (C=O) groups excluding carboxylic acids is 4. The molecule has 2 rings (SSSR count). The number of nitrogens with zero attached hydrogens (tertiary/aromatic N) is 2. The third-order valence-corrected chi connectivity index (χ3v) is 11.5. The molecule has 2 unspecified atom stereocenters. The Bertz CT molecular complexity index is 1500. The van der Waals surface area contributed by atoms with Crippen LogP contribution in [0.25, 0.3) is 0 Å². The molecule has 2 aromatic carbocycles. The van der Waals surface area contributed by atoms with Crippen molar-refractivity contribution in [2.45, 2.75) is 101 Å². The van der Waals surface area contributed by atoms with E-state index in [0.717, 1.165) is 40.0 Å². The summed E-state index contributed by atoms with van der Waals surface area (Å²) in [7, 11) is 2.83. The highest BCUT2D eigenvalue weighted by Gasteiger charge is 2.48. The molecule has 2 N–H and O–H groups in total. The first kappa shape index (κ1) is 44.2. The highest BCUT2D eigenvalue weighted by Crippen LogP contribution is 2.34. The van der Waals surface area contributed by atoms with Crippen LogP contribution in [0.4, 0.5) is 0 Å². The quantitative estimate of drug-likeness (QED) is 0.0908. The van der Waals surface area contributed by atoms with Crippen LogP contribution in [0.1, 0.15) is 77.6 Å². The molecule has 2 aromatic rings. The average molecular weight is 765 g/mol. The lowest BCUT2D eigenvalue weighted by Crippen LogP contribution is -2.58. The van der Waals surface area contributed by atoms with Crippen LogP contribution in [-0.2, 0) is 44.9 Å². The zero-order valence-corrected chi connectivity index (χ0v) is 34.5. The van der Waals surface area contributed by atoms with Gasteiger partial charge in [0.2, 0.25) is 11.0 Å². The Labute approximate surface area is 320 Å². The largest absolute Gasteiger partial charge is 0.371 e. The highest BCUT2D eigenvalue weighted by atomic mass is 32.1. The second-order valence-corrected chi connectivity index (χ2v) is 18.0. The minimum absolute atomic E-state index is 0.0254. The lowest BCUT2D eigenvalue weighted by Gasteiger charge is -2.41. The van der Waals surface area contributed by atoms with Crippen LogP contribution in [0.2, 0.25) is 0 Å². The third kappa shape index (κ3) is 10.8. The zero-order valence-electron chi connectivity index (χ0n) is 31.0. The minimum Gasteiger partial charge on any atom is -0.371 e. The van der Waals surface area contributed by atoms with Crippen molar-refractivity contribution < 1.29 is 29.4 Å². The Morgan fingerprint density at radius 3 is 1.34 bits per heavy atom. The molecule has 0 aliphatic rings. The molecule has 50 heavy (non-hydrogen) atoms. The second kappa shape index (κ2) is 17.2. The summed E-state index contributed by atoms with van der Waals surface area (Å²) < 4.78 is -1.20. The van der Waals surface area contributed by atoms with Crippen LogP contribution in [0.5, 0.6) is 0 Å². The van der Waals surface area contributed by atoms with Gasteiger partial charge in [-0.25, -0.2) is 0 Å². The standard InChI is InChI=1S/C38H56N2O6S4/c1-23(2)25(5)31(41)37(49,39(9)34(44)36(8,45)48)22-30-19-15-28(16-20-30)12-11-27-13-17-29(18-14-27)21-35(7,47)33(43)40(10)38(46,50)32(42)26(6)24(3)4/h13-20,23-26,45-50H,11-12,21-22H2,1-10H3/t25?,26?,35-,36+,37-,38-/m0/s1. The number of carbonyl (C=O) groups is 4. The number of benzene rings is 2. The SMILES string of the molecule is CC(C)C(C)C(=O)[C@](O)(S)N(C)C(=O)[C@@](C)(S)Cc1ccc(CCc2ccc(C[C@](S)(C(=O)C(C)C(C)C)N(C)C(=O)[C@](C)(O)S)cc2)cc1. The van der Waals surface area contributed by atoms with Crippen molar-refractivity contribution >= 4 is 73.9 Å². The van der Waals surface area contributed by atoms with E-state index in [0.29, 0.717) is 0 Å². The number of aliphatic hydroxyl groups is 2. The van der Waals surface area contributed by atoms with E-state index < -0.39 is 43.1 Å². The number of likely N-dealkylation sites (N-methyl/N-ethyl adjacent to an activating group) is 2. The first-order valence-electron chi connectivity index (χ1n) is 16.9. The topological polar surface area (TPSA) is 115 Å². The normalized spacial score (nSPS) is 17.9. The van der Waals surface area contributed by atoms with E-state index in [9.17, 15) is 29.4 Å². The average Bonchev–Trinajstić information content (AvgIpc) is 3.04. The smallest absolute Gasteiger partial charge is 0.265 e. The van der Waals surface area contributed by atoms with Gasteiger partial charge < -0.3 is 20.0 Å². The molecule has 0 spiro atoms. The van der Waals surface area contributed by atoms with E-state index in [-0.39, 0.29) is 36.4 Å². The number of ketones is 2. The van der Waals surface area contributed by atoms with Gasteiger partial charge in [-0.2, -0.15) is 12.6 Å². The fourth-order valence-electron chi connectivity index (χ4n) is 5.49. The summed E-state index contributed by atoms with van der Waals surface area (Å²) in [4.78, 5) is 51.6. The predicted octanol–water partition coefficient (Wildman–Crippen LogP) is 5.72. The molecule has 2 amide bonds. The predicted molar refractivity (Wildman–Crippen MR) is 214 cm³/mol. The Balaban J connectivity index is 2.12. The van der Waals surface area contributed by atoms with Crippen molar-refractivity contribution in [1.82, 2.24) is 9.80 Å². The Morgan fingerprint density at radius 2 is 0.960 bits per heavy atom. The van der Waals surface area contributed by atoms with Gasteiger partial charge in [0, 0.05) is 32.4 Å². The van der Waals surface area contributed by atoms with Crippen LogP contribution < -0.4 is 0 Å². The van der Waals surface area contributed by atoms with E-state index in [1.54, 1.807) is 13.8 Å². The maximum absolute atomic E-state index is 13.7. The molecule has 8 nitrogen and oxygen atoms in total. The fraction of sp³-hybridized carbons (Fsp3) is 0.579. The molecule has 0 aliphatic heterocycles. The molecular formula is C38H56N2O6S4. The molecule has 0 heterocycles. The van der Waals surface area contributed by atoms with Crippen LogP contribution >= 0.6 is 50.5 Å². The number of rotatable bonds is 17. The van der Waals surface area contributed by atoms with E-state index in [1.807, 2.05) is 83.1 Å². The van der Waals surface area contributed by atoms with Crippen molar-refractivity contribution in [3.8, 4) is 0 Å². The van der Waals surface area contributed by atoms with Crippen LogP contribution in [0.3, 0.4) is 0 Å². The first-order valence-corrected chi connectivity index (χ1v) is 18.7. The van der Waals surface area contributed by atoms with Gasteiger partial charge in [-0.3, -0.25) is 19.2 Å². The summed E-state index contributed by atoms with van der Waals surface area (Å²) in [6.07, 6.45) is 1.95. The number of amides is 2. The zero-order chi connectivity index (χ0) is 38.6. The molecule has 278 valence electrons. The molecule has 0 fully saturated rings. The molecule has 0 radical (unpaired) electrons. The first-order chi connectivity index (χ1) is 22.8. The van der Waals surface area contributed by atoms with Crippen molar-refractivity contribution in [2.24, 2.45) is 23.7 Å². The van der Waals surface area contributed by atoms with Gasteiger partial charge in [0.15, 0.2) is 16.5 Å². The molecule has 0 bridgehead atoms. The Kier molecular flexibility index (Phi) is 15.2. The Morgan fingerprint density at radius 1 is 0.600 bits per heavy atom. The molecule has 0 saturated heterocycles.